The molecule has 0 unspecified atom stereocenters. The Kier molecular flexibility index (Phi) is 7.01. The van der Waals surface area contributed by atoms with E-state index in [2.05, 4.69) is 15.4 Å². The quantitative estimate of drug-likeness (QED) is 0.455. The summed E-state index contributed by atoms with van der Waals surface area (Å²) in [6.45, 7) is 5.34. The number of rotatable bonds is 6. The smallest absolute Gasteiger partial charge is 0.261 e. The summed E-state index contributed by atoms with van der Waals surface area (Å²) in [5, 5.41) is 5.45. The topological polar surface area (TPSA) is 104 Å². The van der Waals surface area contributed by atoms with Gasteiger partial charge in [-0.1, -0.05) is 26.8 Å². The summed E-state index contributed by atoms with van der Waals surface area (Å²) in [6, 6.07) is 14.5. The highest BCUT2D eigenvalue weighted by atomic mass is 32.2. The van der Waals surface area contributed by atoms with E-state index in [-0.39, 0.29) is 11.6 Å². The van der Waals surface area contributed by atoms with Crippen LogP contribution in [0.15, 0.2) is 71.6 Å². The third-order valence-corrected chi connectivity index (χ3v) is 6.04. The minimum Gasteiger partial charge on any atom is -0.326 e. The molecule has 34 heavy (non-hydrogen) atoms. The van der Waals surface area contributed by atoms with E-state index in [1.54, 1.807) is 45.0 Å². The zero-order valence-corrected chi connectivity index (χ0v) is 19.5. The number of carbonyl (C=O) groups excluding carboxylic acids is 2. The van der Waals surface area contributed by atoms with Crippen LogP contribution < -0.4 is 15.4 Å². The second kappa shape index (κ2) is 9.60. The van der Waals surface area contributed by atoms with Gasteiger partial charge in [0.2, 0.25) is 5.91 Å². The summed E-state index contributed by atoms with van der Waals surface area (Å²) in [6.07, 6.45) is 0. The number of halogens is 2. The molecule has 0 atom stereocenters. The van der Waals surface area contributed by atoms with E-state index >= 15 is 0 Å². The van der Waals surface area contributed by atoms with Gasteiger partial charge in [0.25, 0.3) is 15.9 Å². The zero-order valence-electron chi connectivity index (χ0n) is 18.6. The lowest BCUT2D eigenvalue weighted by Crippen LogP contribution is -2.27. The molecule has 3 aromatic rings. The standard InChI is InChI=1S/C24H23F2N3O4S/c1-24(2,3)23(31)28-18-6-4-5-15(13-18)22(30)27-16-7-9-17(10-8-16)29-34(32,33)19-11-12-20(25)21(26)14-19/h4-14,29H,1-3H3,(H,27,30)(H,28,31). The van der Waals surface area contributed by atoms with Crippen molar-refractivity contribution in [2.45, 2.75) is 25.7 Å². The van der Waals surface area contributed by atoms with Gasteiger partial charge in [-0.3, -0.25) is 14.3 Å². The number of hydrogen-bond donors (Lipinski definition) is 3. The van der Waals surface area contributed by atoms with Crippen LogP contribution >= 0.6 is 0 Å². The Morgan fingerprint density at radius 2 is 1.41 bits per heavy atom. The summed E-state index contributed by atoms with van der Waals surface area (Å²) >= 11 is 0. The maximum absolute atomic E-state index is 13.4. The number of hydrogen-bond acceptors (Lipinski definition) is 4. The van der Waals surface area contributed by atoms with Crippen LogP contribution in [0.4, 0.5) is 25.8 Å². The first-order chi connectivity index (χ1) is 15.8. The SMILES string of the molecule is CC(C)(C)C(=O)Nc1cccc(C(=O)Nc2ccc(NS(=O)(=O)c3ccc(F)c(F)c3)cc2)c1. The van der Waals surface area contributed by atoms with Crippen LogP contribution in [-0.2, 0) is 14.8 Å². The number of nitrogens with one attached hydrogen (secondary N) is 3. The zero-order chi connectivity index (χ0) is 25.1. The Morgan fingerprint density at radius 3 is 2.03 bits per heavy atom. The van der Waals surface area contributed by atoms with Gasteiger partial charge in [-0.15, -0.1) is 0 Å². The van der Waals surface area contributed by atoms with Crippen LogP contribution in [0.2, 0.25) is 0 Å². The molecule has 3 N–H and O–H groups in total. The number of benzene rings is 3. The Morgan fingerprint density at radius 1 is 0.765 bits per heavy atom. The number of sulfonamides is 1. The number of carbonyl (C=O) groups is 2. The summed E-state index contributed by atoms with van der Waals surface area (Å²) in [5.74, 6) is -3.04. The van der Waals surface area contributed by atoms with E-state index in [0.29, 0.717) is 23.0 Å². The minimum absolute atomic E-state index is 0.162. The van der Waals surface area contributed by atoms with Crippen molar-refractivity contribution in [2.24, 2.45) is 5.41 Å². The molecular weight excluding hydrogens is 464 g/mol. The molecule has 0 heterocycles. The van der Waals surface area contributed by atoms with Gasteiger partial charge in [-0.05, 0) is 60.7 Å². The van der Waals surface area contributed by atoms with Gasteiger partial charge in [-0.25, -0.2) is 17.2 Å². The number of anilines is 3. The number of amides is 2. The molecule has 0 radical (unpaired) electrons. The molecule has 10 heteroatoms. The highest BCUT2D eigenvalue weighted by Crippen LogP contribution is 2.22. The van der Waals surface area contributed by atoms with Crippen molar-refractivity contribution < 1.29 is 26.8 Å². The van der Waals surface area contributed by atoms with Gasteiger partial charge in [0, 0.05) is 28.0 Å². The minimum atomic E-state index is -4.14. The third kappa shape index (κ3) is 6.16. The molecule has 178 valence electrons. The molecule has 0 aliphatic carbocycles. The Bertz CT molecular complexity index is 1340. The lowest BCUT2D eigenvalue weighted by molar-refractivity contribution is -0.123. The summed E-state index contributed by atoms with van der Waals surface area (Å²) in [4.78, 5) is 24.3. The third-order valence-electron chi connectivity index (χ3n) is 4.66. The monoisotopic (exact) mass is 487 g/mol. The first-order valence-electron chi connectivity index (χ1n) is 10.2. The second-order valence-electron chi connectivity index (χ2n) is 8.50. The Balaban J connectivity index is 1.68. The molecule has 0 saturated heterocycles. The predicted octanol–water partition coefficient (Wildman–Crippen LogP) is 5.00. The summed E-state index contributed by atoms with van der Waals surface area (Å²) < 4.78 is 53.5. The molecule has 0 aliphatic rings. The Labute approximate surface area is 196 Å². The fourth-order valence-electron chi connectivity index (χ4n) is 2.74. The van der Waals surface area contributed by atoms with Gasteiger partial charge in [0.1, 0.15) is 0 Å². The van der Waals surface area contributed by atoms with E-state index < -0.39 is 37.9 Å². The van der Waals surface area contributed by atoms with Crippen LogP contribution in [0.25, 0.3) is 0 Å². The fourth-order valence-corrected chi connectivity index (χ4v) is 3.81. The van der Waals surface area contributed by atoms with E-state index in [4.69, 9.17) is 0 Å². The highest BCUT2D eigenvalue weighted by molar-refractivity contribution is 7.92. The first kappa shape index (κ1) is 24.8. The van der Waals surface area contributed by atoms with Gasteiger partial charge in [-0.2, -0.15) is 0 Å². The fraction of sp³-hybridized carbons (Fsp3) is 0.167. The van der Waals surface area contributed by atoms with Gasteiger partial charge in [0.15, 0.2) is 11.6 Å². The van der Waals surface area contributed by atoms with E-state index in [1.165, 1.54) is 24.3 Å². The molecule has 0 aromatic heterocycles. The molecule has 2 amide bonds. The summed E-state index contributed by atoms with van der Waals surface area (Å²) in [5.41, 5.74) is 0.760. The molecule has 3 rings (SSSR count). The van der Waals surface area contributed by atoms with Crippen LogP contribution in [0.5, 0.6) is 0 Å². The average Bonchev–Trinajstić information content (AvgIpc) is 2.76. The van der Waals surface area contributed by atoms with Crippen LogP contribution in [-0.4, -0.2) is 20.2 Å². The first-order valence-corrected chi connectivity index (χ1v) is 11.6. The Hall–Kier alpha value is -3.79. The molecule has 0 aliphatic heterocycles. The van der Waals surface area contributed by atoms with Crippen LogP contribution in [0.1, 0.15) is 31.1 Å². The molecule has 0 saturated carbocycles. The highest BCUT2D eigenvalue weighted by Gasteiger charge is 2.21. The molecular formula is C24H23F2N3O4S. The molecule has 7 nitrogen and oxygen atoms in total. The van der Waals surface area contributed by atoms with Crippen molar-refractivity contribution in [2.75, 3.05) is 15.4 Å². The maximum atomic E-state index is 13.4. The lowest BCUT2D eigenvalue weighted by Gasteiger charge is -2.18. The maximum Gasteiger partial charge on any atom is 0.261 e. The van der Waals surface area contributed by atoms with Crippen molar-refractivity contribution in [3.8, 4) is 0 Å². The molecule has 0 spiro atoms. The van der Waals surface area contributed by atoms with Crippen molar-refractivity contribution >= 4 is 38.9 Å². The van der Waals surface area contributed by atoms with Crippen LogP contribution in [0.3, 0.4) is 0 Å². The molecule has 0 bridgehead atoms. The van der Waals surface area contributed by atoms with Crippen molar-refractivity contribution in [1.82, 2.24) is 0 Å². The van der Waals surface area contributed by atoms with Crippen LogP contribution in [0, 0.1) is 17.0 Å². The largest absolute Gasteiger partial charge is 0.326 e. The van der Waals surface area contributed by atoms with Gasteiger partial charge >= 0.3 is 0 Å². The van der Waals surface area contributed by atoms with E-state index in [0.717, 1.165) is 12.1 Å². The van der Waals surface area contributed by atoms with Gasteiger partial charge in [0.05, 0.1) is 4.90 Å². The summed E-state index contributed by atoms with van der Waals surface area (Å²) in [7, 11) is -4.14. The average molecular weight is 488 g/mol. The second-order valence-corrected chi connectivity index (χ2v) is 10.2. The van der Waals surface area contributed by atoms with Crippen molar-refractivity contribution in [3.63, 3.8) is 0 Å². The molecule has 0 fully saturated rings. The predicted molar refractivity (Wildman–Crippen MR) is 126 cm³/mol. The lowest BCUT2D eigenvalue weighted by atomic mass is 9.95. The van der Waals surface area contributed by atoms with E-state index in [9.17, 15) is 26.8 Å². The van der Waals surface area contributed by atoms with Gasteiger partial charge < -0.3 is 10.6 Å². The normalized spacial score (nSPS) is 11.6. The van der Waals surface area contributed by atoms with Crippen molar-refractivity contribution in [1.29, 1.82) is 0 Å². The molecule has 3 aromatic carbocycles. The van der Waals surface area contributed by atoms with Crippen molar-refractivity contribution in [3.05, 3.63) is 83.9 Å². The van der Waals surface area contributed by atoms with E-state index in [1.807, 2.05) is 0 Å².